The van der Waals surface area contributed by atoms with E-state index in [9.17, 15) is 5.11 Å². The average Bonchev–Trinajstić information content (AvgIpc) is 3.10. The van der Waals surface area contributed by atoms with Gasteiger partial charge in [-0.05, 0) is 49.4 Å². The molecule has 0 bridgehead atoms. The van der Waals surface area contributed by atoms with Crippen LogP contribution in [0, 0.1) is 6.92 Å². The first-order valence-electron chi connectivity index (χ1n) is 9.99. The minimum absolute atomic E-state index is 0.484. The van der Waals surface area contributed by atoms with Crippen molar-refractivity contribution < 1.29 is 5.11 Å². The molecule has 0 radical (unpaired) electrons. The third kappa shape index (κ3) is 5.36. The van der Waals surface area contributed by atoms with Crippen molar-refractivity contribution in [2.75, 3.05) is 19.6 Å². The number of aliphatic hydroxyl groups is 1. The summed E-state index contributed by atoms with van der Waals surface area (Å²) in [6, 6.07) is 16.2. The van der Waals surface area contributed by atoms with Crippen molar-refractivity contribution in [2.24, 2.45) is 4.99 Å². The molecule has 2 aromatic carbocycles. The lowest BCUT2D eigenvalue weighted by molar-refractivity contribution is 0.170. The maximum atomic E-state index is 10.3. The number of fused-ring (bicyclic) bond motifs is 1. The normalized spacial score (nSPS) is 12.9. The number of rotatable bonds is 8. The second-order valence-electron chi connectivity index (χ2n) is 7.02. The van der Waals surface area contributed by atoms with E-state index in [0.717, 1.165) is 31.0 Å². The van der Waals surface area contributed by atoms with Gasteiger partial charge in [0.15, 0.2) is 5.96 Å². The Kier molecular flexibility index (Phi) is 7.09. The van der Waals surface area contributed by atoms with Crippen LogP contribution in [0.5, 0.6) is 0 Å². The van der Waals surface area contributed by atoms with E-state index in [-0.39, 0.29) is 0 Å². The molecule has 28 heavy (non-hydrogen) atoms. The zero-order valence-corrected chi connectivity index (χ0v) is 16.7. The second kappa shape index (κ2) is 9.95. The number of aryl methyl sites for hydroxylation is 1. The first-order valence-corrected chi connectivity index (χ1v) is 9.99. The Balaban J connectivity index is 1.51. The highest BCUT2D eigenvalue weighted by atomic mass is 16.3. The van der Waals surface area contributed by atoms with Crippen LogP contribution < -0.4 is 10.6 Å². The van der Waals surface area contributed by atoms with E-state index in [4.69, 9.17) is 0 Å². The number of benzene rings is 2. The third-order valence-electron chi connectivity index (χ3n) is 4.81. The van der Waals surface area contributed by atoms with Crippen molar-refractivity contribution >= 4 is 16.9 Å². The summed E-state index contributed by atoms with van der Waals surface area (Å²) in [5.41, 5.74) is 4.69. The van der Waals surface area contributed by atoms with Crippen LogP contribution in [0.1, 0.15) is 36.1 Å². The van der Waals surface area contributed by atoms with E-state index in [1.807, 2.05) is 30.3 Å². The van der Waals surface area contributed by atoms with Crippen molar-refractivity contribution in [3.63, 3.8) is 0 Å². The minimum atomic E-state index is -0.484. The molecule has 0 saturated heterocycles. The smallest absolute Gasteiger partial charge is 0.191 e. The lowest BCUT2D eigenvalue weighted by atomic mass is 10.1. The van der Waals surface area contributed by atoms with Gasteiger partial charge in [0.25, 0.3) is 0 Å². The molecule has 0 fully saturated rings. The zero-order chi connectivity index (χ0) is 19.8. The molecule has 0 saturated carbocycles. The van der Waals surface area contributed by atoms with Gasteiger partial charge in [-0.2, -0.15) is 0 Å². The van der Waals surface area contributed by atoms with Gasteiger partial charge in [-0.1, -0.05) is 42.5 Å². The number of nitrogens with one attached hydrogen (secondary N) is 3. The molecule has 0 amide bonds. The van der Waals surface area contributed by atoms with E-state index in [1.54, 1.807) is 0 Å². The number of guanidine groups is 1. The molecule has 0 aliphatic rings. The molecule has 1 unspecified atom stereocenters. The summed E-state index contributed by atoms with van der Waals surface area (Å²) >= 11 is 0. The topological polar surface area (TPSA) is 72.4 Å². The molecule has 3 rings (SSSR count). The zero-order valence-electron chi connectivity index (χ0n) is 16.7. The van der Waals surface area contributed by atoms with Crippen LogP contribution in [-0.2, 0) is 6.42 Å². The van der Waals surface area contributed by atoms with E-state index in [0.29, 0.717) is 13.0 Å². The third-order valence-corrected chi connectivity index (χ3v) is 4.81. The number of aliphatic imine (C=N–C) groups is 1. The standard InChI is InChI=1S/C23H30N4O/c1-3-24-23(26-14-12-22(28)18-7-5-4-6-8-18)25-13-11-19-16-27-21-15-17(2)9-10-20(19)21/h4-10,15-16,22,27-28H,3,11-14H2,1-2H3,(H2,24,25,26). The first-order chi connectivity index (χ1) is 13.7. The maximum absolute atomic E-state index is 10.3. The molecule has 3 aromatic rings. The largest absolute Gasteiger partial charge is 0.388 e. The van der Waals surface area contributed by atoms with Crippen LogP contribution in [-0.4, -0.2) is 35.7 Å². The molecule has 0 aliphatic heterocycles. The van der Waals surface area contributed by atoms with Crippen LogP contribution in [0.15, 0.2) is 59.7 Å². The lowest BCUT2D eigenvalue weighted by Crippen LogP contribution is -2.38. The molecule has 5 heteroatoms. The SMILES string of the molecule is CCNC(=NCCC(O)c1ccccc1)NCCc1c[nH]c2cc(C)ccc12. The first kappa shape index (κ1) is 20.0. The van der Waals surface area contributed by atoms with Crippen LogP contribution in [0.3, 0.4) is 0 Å². The molecule has 1 atom stereocenters. The number of aromatic nitrogens is 1. The summed E-state index contributed by atoms with van der Waals surface area (Å²) in [4.78, 5) is 7.95. The summed E-state index contributed by atoms with van der Waals surface area (Å²) in [7, 11) is 0. The Labute approximate surface area is 166 Å². The number of H-pyrrole nitrogens is 1. The fourth-order valence-corrected chi connectivity index (χ4v) is 3.30. The molecule has 0 aliphatic carbocycles. The predicted octanol–water partition coefficient (Wildman–Crippen LogP) is 3.70. The Morgan fingerprint density at radius 1 is 1.14 bits per heavy atom. The van der Waals surface area contributed by atoms with Gasteiger partial charge in [-0.3, -0.25) is 4.99 Å². The van der Waals surface area contributed by atoms with Gasteiger partial charge in [-0.25, -0.2) is 0 Å². The monoisotopic (exact) mass is 378 g/mol. The Morgan fingerprint density at radius 2 is 1.96 bits per heavy atom. The summed E-state index contributed by atoms with van der Waals surface area (Å²) in [6.45, 7) is 6.33. The van der Waals surface area contributed by atoms with Crippen molar-refractivity contribution in [1.29, 1.82) is 0 Å². The minimum Gasteiger partial charge on any atom is -0.388 e. The van der Waals surface area contributed by atoms with Crippen LogP contribution in [0.2, 0.25) is 0 Å². The fraction of sp³-hybridized carbons (Fsp3) is 0.348. The number of hydrogen-bond donors (Lipinski definition) is 4. The Hall–Kier alpha value is -2.79. The Morgan fingerprint density at radius 3 is 2.75 bits per heavy atom. The summed E-state index contributed by atoms with van der Waals surface area (Å²) in [5.74, 6) is 0.790. The summed E-state index contributed by atoms with van der Waals surface area (Å²) in [5, 5.41) is 18.2. The van der Waals surface area contributed by atoms with Gasteiger partial charge in [0.2, 0.25) is 0 Å². The molecular formula is C23H30N4O. The highest BCUT2D eigenvalue weighted by Gasteiger charge is 2.07. The van der Waals surface area contributed by atoms with Gasteiger partial charge >= 0.3 is 0 Å². The second-order valence-corrected chi connectivity index (χ2v) is 7.02. The predicted molar refractivity (Wildman–Crippen MR) is 117 cm³/mol. The quantitative estimate of drug-likeness (QED) is 0.357. The van der Waals surface area contributed by atoms with Crippen LogP contribution in [0.4, 0.5) is 0 Å². The van der Waals surface area contributed by atoms with E-state index in [1.165, 1.54) is 22.0 Å². The number of nitrogens with zero attached hydrogens (tertiary/aromatic N) is 1. The summed E-state index contributed by atoms with van der Waals surface area (Å²) in [6.07, 6.45) is 3.12. The molecule has 148 valence electrons. The molecule has 0 spiro atoms. The number of hydrogen-bond acceptors (Lipinski definition) is 2. The molecule has 1 aromatic heterocycles. The molecule has 5 nitrogen and oxygen atoms in total. The fourth-order valence-electron chi connectivity index (χ4n) is 3.30. The highest BCUT2D eigenvalue weighted by Crippen LogP contribution is 2.19. The lowest BCUT2D eigenvalue weighted by Gasteiger charge is -2.13. The van der Waals surface area contributed by atoms with E-state index in [2.05, 4.69) is 58.9 Å². The van der Waals surface area contributed by atoms with Gasteiger partial charge in [-0.15, -0.1) is 0 Å². The van der Waals surface area contributed by atoms with Crippen molar-refractivity contribution in [3.05, 3.63) is 71.4 Å². The van der Waals surface area contributed by atoms with Gasteiger partial charge in [0.05, 0.1) is 6.10 Å². The van der Waals surface area contributed by atoms with Gasteiger partial charge in [0, 0.05) is 36.7 Å². The number of aliphatic hydroxyl groups excluding tert-OH is 1. The van der Waals surface area contributed by atoms with Crippen LogP contribution in [0.25, 0.3) is 10.9 Å². The van der Waals surface area contributed by atoms with Crippen LogP contribution >= 0.6 is 0 Å². The van der Waals surface area contributed by atoms with Gasteiger partial charge < -0.3 is 20.7 Å². The van der Waals surface area contributed by atoms with E-state index < -0.39 is 6.10 Å². The average molecular weight is 379 g/mol. The highest BCUT2D eigenvalue weighted by molar-refractivity contribution is 5.84. The van der Waals surface area contributed by atoms with Gasteiger partial charge in [0.1, 0.15) is 0 Å². The van der Waals surface area contributed by atoms with Crippen molar-refractivity contribution in [2.45, 2.75) is 32.8 Å². The maximum Gasteiger partial charge on any atom is 0.191 e. The van der Waals surface area contributed by atoms with E-state index >= 15 is 0 Å². The number of aromatic amines is 1. The molecule has 1 heterocycles. The molecular weight excluding hydrogens is 348 g/mol. The van der Waals surface area contributed by atoms with Crippen molar-refractivity contribution in [3.8, 4) is 0 Å². The summed E-state index contributed by atoms with van der Waals surface area (Å²) < 4.78 is 0. The van der Waals surface area contributed by atoms with Crippen molar-refractivity contribution in [1.82, 2.24) is 15.6 Å². The Bertz CT molecular complexity index is 901. The molecule has 4 N–H and O–H groups in total.